The fourth-order valence-corrected chi connectivity index (χ4v) is 2.77. The van der Waals surface area contributed by atoms with Gasteiger partial charge < -0.3 is 4.98 Å². The molecule has 2 aromatic carbocycles. The van der Waals surface area contributed by atoms with Gasteiger partial charge >= 0.3 is 0 Å². The lowest BCUT2D eigenvalue weighted by molar-refractivity contribution is 1.08. The summed E-state index contributed by atoms with van der Waals surface area (Å²) in [4.78, 5) is 8.68. The van der Waals surface area contributed by atoms with Crippen LogP contribution in [0.4, 0.5) is 0 Å². The van der Waals surface area contributed by atoms with Crippen molar-refractivity contribution < 1.29 is 0 Å². The van der Waals surface area contributed by atoms with E-state index in [1.165, 1.54) is 11.8 Å². The second-order valence-corrected chi connectivity index (χ2v) is 5.30. The van der Waals surface area contributed by atoms with Gasteiger partial charge in [0.2, 0.25) is 0 Å². The van der Waals surface area contributed by atoms with Crippen LogP contribution in [0.5, 0.6) is 0 Å². The number of imidazole rings is 1. The molecule has 1 aromatic heterocycles. The molecule has 4 heteroatoms. The van der Waals surface area contributed by atoms with Crippen molar-refractivity contribution in [2.75, 3.05) is 0 Å². The molecular weight excluding hydrogens is 254 g/mol. The number of nitrogens with zero attached hydrogens (tertiary/aromatic N) is 2. The molecular formula is C15H11N3S. The van der Waals surface area contributed by atoms with Gasteiger partial charge in [-0.3, -0.25) is 0 Å². The quantitative estimate of drug-likeness (QED) is 0.764. The normalized spacial score (nSPS) is 10.5. The van der Waals surface area contributed by atoms with Crippen molar-refractivity contribution in [1.82, 2.24) is 9.97 Å². The number of nitriles is 1. The first-order chi connectivity index (χ1) is 9.26. The number of aryl methyl sites for hydroxylation is 1. The highest BCUT2D eigenvalue weighted by Crippen LogP contribution is 2.30. The summed E-state index contributed by atoms with van der Waals surface area (Å²) in [7, 11) is 0. The molecule has 0 atom stereocenters. The molecule has 0 amide bonds. The Labute approximate surface area is 115 Å². The van der Waals surface area contributed by atoms with Crippen molar-refractivity contribution in [3.63, 3.8) is 0 Å². The number of hydrogen-bond donors (Lipinski definition) is 1. The van der Waals surface area contributed by atoms with Crippen LogP contribution in [0.25, 0.3) is 11.0 Å². The summed E-state index contributed by atoms with van der Waals surface area (Å²) >= 11 is 1.48. The zero-order valence-corrected chi connectivity index (χ0v) is 11.2. The first-order valence-corrected chi connectivity index (χ1v) is 6.71. The smallest absolute Gasteiger partial charge is 0.171 e. The maximum atomic E-state index is 9.17. The lowest BCUT2D eigenvalue weighted by Crippen LogP contribution is -1.84. The Morgan fingerprint density at radius 3 is 2.84 bits per heavy atom. The average molecular weight is 265 g/mol. The van der Waals surface area contributed by atoms with Crippen LogP contribution in [0.3, 0.4) is 0 Å². The van der Waals surface area contributed by atoms with E-state index in [1.54, 1.807) is 0 Å². The van der Waals surface area contributed by atoms with Crippen LogP contribution in [0.1, 0.15) is 11.1 Å². The molecule has 1 N–H and O–H groups in total. The van der Waals surface area contributed by atoms with Gasteiger partial charge in [-0.25, -0.2) is 4.98 Å². The molecule has 19 heavy (non-hydrogen) atoms. The molecule has 0 aliphatic heterocycles. The Morgan fingerprint density at radius 2 is 2.05 bits per heavy atom. The van der Waals surface area contributed by atoms with Gasteiger partial charge in [0.25, 0.3) is 0 Å². The van der Waals surface area contributed by atoms with E-state index in [0.29, 0.717) is 5.56 Å². The number of para-hydroxylation sites is 2. The lowest BCUT2D eigenvalue weighted by Gasteiger charge is -2.01. The minimum atomic E-state index is 0.686. The Morgan fingerprint density at radius 1 is 1.21 bits per heavy atom. The van der Waals surface area contributed by atoms with Crippen LogP contribution in [0.2, 0.25) is 0 Å². The van der Waals surface area contributed by atoms with E-state index in [0.717, 1.165) is 26.6 Å². The SMILES string of the molecule is Cc1ccc(Sc2nc3ccccc3[nH]2)c(C#N)c1. The van der Waals surface area contributed by atoms with Crippen molar-refractivity contribution in [3.8, 4) is 6.07 Å². The lowest BCUT2D eigenvalue weighted by atomic mass is 10.2. The Hall–Kier alpha value is -2.25. The molecule has 0 unspecified atom stereocenters. The third-order valence-corrected chi connectivity index (χ3v) is 3.79. The van der Waals surface area contributed by atoms with Crippen molar-refractivity contribution in [2.45, 2.75) is 17.0 Å². The van der Waals surface area contributed by atoms with Gasteiger partial charge in [-0.15, -0.1) is 0 Å². The fourth-order valence-electron chi connectivity index (χ4n) is 1.90. The van der Waals surface area contributed by atoms with E-state index in [2.05, 4.69) is 16.0 Å². The molecule has 0 saturated heterocycles. The van der Waals surface area contributed by atoms with Gasteiger partial charge in [-0.05, 0) is 36.8 Å². The highest BCUT2D eigenvalue weighted by atomic mass is 32.2. The van der Waals surface area contributed by atoms with Crippen LogP contribution >= 0.6 is 11.8 Å². The summed E-state index contributed by atoms with van der Waals surface area (Å²) in [6.07, 6.45) is 0. The second-order valence-electron chi connectivity index (χ2n) is 4.27. The minimum Gasteiger partial charge on any atom is -0.333 e. The Balaban J connectivity index is 1.99. The van der Waals surface area contributed by atoms with Crippen molar-refractivity contribution in [2.24, 2.45) is 0 Å². The number of benzene rings is 2. The van der Waals surface area contributed by atoms with Gasteiger partial charge in [-0.2, -0.15) is 5.26 Å². The first-order valence-electron chi connectivity index (χ1n) is 5.89. The summed E-state index contributed by atoms with van der Waals surface area (Å²) in [5.74, 6) is 0. The highest BCUT2D eigenvalue weighted by Gasteiger charge is 2.08. The molecule has 3 nitrogen and oxygen atoms in total. The zero-order valence-electron chi connectivity index (χ0n) is 10.3. The van der Waals surface area contributed by atoms with E-state index in [4.69, 9.17) is 5.26 Å². The third kappa shape index (κ3) is 2.33. The van der Waals surface area contributed by atoms with E-state index in [1.807, 2.05) is 49.4 Å². The number of H-pyrrole nitrogens is 1. The second kappa shape index (κ2) is 4.79. The molecule has 3 rings (SSSR count). The van der Waals surface area contributed by atoms with Crippen LogP contribution in [0.15, 0.2) is 52.5 Å². The van der Waals surface area contributed by atoms with Gasteiger partial charge in [0.05, 0.1) is 16.6 Å². The summed E-state index contributed by atoms with van der Waals surface area (Å²) in [6, 6.07) is 16.0. The number of rotatable bonds is 2. The van der Waals surface area contributed by atoms with Crippen LogP contribution < -0.4 is 0 Å². The molecule has 0 bridgehead atoms. The zero-order chi connectivity index (χ0) is 13.2. The topological polar surface area (TPSA) is 52.5 Å². The van der Waals surface area contributed by atoms with Crippen molar-refractivity contribution >= 4 is 22.8 Å². The highest BCUT2D eigenvalue weighted by molar-refractivity contribution is 7.99. The molecule has 3 aromatic rings. The predicted molar refractivity (Wildman–Crippen MR) is 76.1 cm³/mol. The summed E-state index contributed by atoms with van der Waals surface area (Å²) in [6.45, 7) is 1.98. The maximum Gasteiger partial charge on any atom is 0.171 e. The molecule has 1 heterocycles. The average Bonchev–Trinajstić information content (AvgIpc) is 2.83. The van der Waals surface area contributed by atoms with Crippen LogP contribution in [-0.4, -0.2) is 9.97 Å². The van der Waals surface area contributed by atoms with E-state index in [-0.39, 0.29) is 0 Å². The van der Waals surface area contributed by atoms with Crippen LogP contribution in [-0.2, 0) is 0 Å². The van der Waals surface area contributed by atoms with Gasteiger partial charge in [0.15, 0.2) is 5.16 Å². The standard InChI is InChI=1S/C15H11N3S/c1-10-6-7-14(11(8-10)9-16)19-15-17-12-4-2-3-5-13(12)18-15/h2-8H,1H3,(H,17,18). The van der Waals surface area contributed by atoms with Gasteiger partial charge in [0.1, 0.15) is 6.07 Å². The number of hydrogen-bond acceptors (Lipinski definition) is 3. The monoisotopic (exact) mass is 265 g/mol. The number of fused-ring (bicyclic) bond motifs is 1. The Bertz CT molecular complexity index is 750. The van der Waals surface area contributed by atoms with Crippen LogP contribution in [0, 0.1) is 18.3 Å². The summed E-state index contributed by atoms with van der Waals surface area (Å²) in [5.41, 5.74) is 3.72. The Kier molecular flexibility index (Phi) is 2.98. The largest absolute Gasteiger partial charge is 0.333 e. The predicted octanol–water partition coefficient (Wildman–Crippen LogP) is 3.89. The van der Waals surface area contributed by atoms with E-state index >= 15 is 0 Å². The molecule has 0 saturated carbocycles. The minimum absolute atomic E-state index is 0.686. The molecule has 0 fully saturated rings. The molecule has 92 valence electrons. The molecule has 0 spiro atoms. The maximum absolute atomic E-state index is 9.17. The number of nitrogens with one attached hydrogen (secondary N) is 1. The third-order valence-electron chi connectivity index (χ3n) is 2.83. The molecule has 0 radical (unpaired) electrons. The first kappa shape index (κ1) is 11.8. The summed E-state index contributed by atoms with van der Waals surface area (Å²) < 4.78 is 0. The summed E-state index contributed by atoms with van der Waals surface area (Å²) in [5, 5.41) is 9.97. The fraction of sp³-hybridized carbons (Fsp3) is 0.0667. The number of aromatic nitrogens is 2. The van der Waals surface area contributed by atoms with E-state index in [9.17, 15) is 0 Å². The van der Waals surface area contributed by atoms with Gasteiger partial charge in [0, 0.05) is 4.90 Å². The number of aromatic amines is 1. The van der Waals surface area contributed by atoms with E-state index < -0.39 is 0 Å². The van der Waals surface area contributed by atoms with Crippen molar-refractivity contribution in [1.29, 1.82) is 5.26 Å². The van der Waals surface area contributed by atoms with Gasteiger partial charge in [-0.1, -0.05) is 30.0 Å². The molecule has 0 aliphatic carbocycles. The van der Waals surface area contributed by atoms with Crippen molar-refractivity contribution in [3.05, 3.63) is 53.6 Å². The molecule has 0 aliphatic rings.